The summed E-state index contributed by atoms with van der Waals surface area (Å²) in [4.78, 5) is 7.57. The predicted molar refractivity (Wildman–Crippen MR) is 91.3 cm³/mol. The number of benzene rings is 2. The summed E-state index contributed by atoms with van der Waals surface area (Å²) < 4.78 is 13.6. The molecule has 4 aromatic rings. The van der Waals surface area contributed by atoms with Gasteiger partial charge >= 0.3 is 0 Å². The van der Waals surface area contributed by atoms with E-state index in [0.717, 1.165) is 39.0 Å². The molecule has 2 aromatic carbocycles. The van der Waals surface area contributed by atoms with Crippen LogP contribution in [-0.4, -0.2) is 9.97 Å². The largest absolute Gasteiger partial charge is 0.399 e. The summed E-state index contributed by atoms with van der Waals surface area (Å²) in [5, 5.41) is 0.975. The van der Waals surface area contributed by atoms with Gasteiger partial charge in [0.1, 0.15) is 11.5 Å². The third-order valence-corrected chi connectivity index (χ3v) is 3.93. The van der Waals surface area contributed by atoms with Crippen LogP contribution in [0.4, 0.5) is 10.1 Å². The summed E-state index contributed by atoms with van der Waals surface area (Å²) in [5.74, 6) is -0.253. The van der Waals surface area contributed by atoms with Crippen LogP contribution in [0.25, 0.3) is 33.3 Å². The number of pyridine rings is 1. The van der Waals surface area contributed by atoms with E-state index in [9.17, 15) is 4.39 Å². The Morgan fingerprint density at radius 1 is 0.913 bits per heavy atom. The molecule has 0 atom stereocenters. The van der Waals surface area contributed by atoms with Crippen LogP contribution in [0.3, 0.4) is 0 Å². The van der Waals surface area contributed by atoms with Crippen LogP contribution in [-0.2, 0) is 0 Å². The van der Waals surface area contributed by atoms with Gasteiger partial charge in [-0.05, 0) is 47.0 Å². The van der Waals surface area contributed by atoms with Gasteiger partial charge in [0.15, 0.2) is 0 Å². The van der Waals surface area contributed by atoms with Gasteiger partial charge in [0.2, 0.25) is 0 Å². The third-order valence-electron chi connectivity index (χ3n) is 3.93. The zero-order chi connectivity index (χ0) is 15.8. The molecule has 0 aliphatic heterocycles. The van der Waals surface area contributed by atoms with Crippen molar-refractivity contribution in [2.45, 2.75) is 0 Å². The van der Waals surface area contributed by atoms with Crippen molar-refractivity contribution in [3.05, 3.63) is 72.8 Å². The normalized spacial score (nSPS) is 11.0. The van der Waals surface area contributed by atoms with E-state index in [0.29, 0.717) is 0 Å². The number of rotatable bonds is 2. The summed E-state index contributed by atoms with van der Waals surface area (Å²) in [6, 6.07) is 16.2. The highest BCUT2D eigenvalue weighted by Gasteiger charge is 2.13. The number of nitrogens with zero attached hydrogens (tertiary/aromatic N) is 1. The van der Waals surface area contributed by atoms with Crippen LogP contribution in [0.15, 0.2) is 67.0 Å². The zero-order valence-corrected chi connectivity index (χ0v) is 12.3. The first kappa shape index (κ1) is 13.5. The van der Waals surface area contributed by atoms with Gasteiger partial charge in [-0.15, -0.1) is 0 Å². The molecule has 2 aromatic heterocycles. The molecule has 0 bridgehead atoms. The van der Waals surface area contributed by atoms with E-state index < -0.39 is 0 Å². The van der Waals surface area contributed by atoms with Gasteiger partial charge in [-0.1, -0.05) is 24.3 Å². The van der Waals surface area contributed by atoms with E-state index in [1.807, 2.05) is 42.6 Å². The number of aromatic amines is 1. The molecule has 0 unspecified atom stereocenters. The maximum Gasteiger partial charge on any atom is 0.138 e. The molecule has 0 fully saturated rings. The predicted octanol–water partition coefficient (Wildman–Crippen LogP) is 4.62. The molecule has 0 spiro atoms. The fraction of sp³-hybridized carbons (Fsp3) is 0. The zero-order valence-electron chi connectivity index (χ0n) is 12.3. The summed E-state index contributed by atoms with van der Waals surface area (Å²) in [6.07, 6.45) is 3.65. The Hall–Kier alpha value is -3.14. The monoisotopic (exact) mass is 303 g/mol. The highest BCUT2D eigenvalue weighted by molar-refractivity contribution is 6.04. The lowest BCUT2D eigenvalue weighted by Crippen LogP contribution is -1.86. The maximum atomic E-state index is 13.6. The summed E-state index contributed by atoms with van der Waals surface area (Å²) in [5.41, 5.74) is 11.1. The minimum absolute atomic E-state index is 0.253. The smallest absolute Gasteiger partial charge is 0.138 e. The summed E-state index contributed by atoms with van der Waals surface area (Å²) >= 11 is 0. The molecule has 0 aliphatic rings. The highest BCUT2D eigenvalue weighted by Crippen LogP contribution is 2.35. The quantitative estimate of drug-likeness (QED) is 0.531. The number of nitrogens with one attached hydrogen (secondary N) is 1. The van der Waals surface area contributed by atoms with E-state index in [2.05, 4.69) is 9.97 Å². The van der Waals surface area contributed by atoms with Gasteiger partial charge in [0.05, 0.1) is 0 Å². The van der Waals surface area contributed by atoms with Crippen molar-refractivity contribution in [3.63, 3.8) is 0 Å². The lowest BCUT2D eigenvalue weighted by atomic mass is 9.98. The van der Waals surface area contributed by atoms with E-state index >= 15 is 0 Å². The van der Waals surface area contributed by atoms with Crippen LogP contribution < -0.4 is 5.73 Å². The fourth-order valence-electron chi connectivity index (χ4n) is 2.84. The Labute approximate surface area is 132 Å². The van der Waals surface area contributed by atoms with Crippen LogP contribution in [0.5, 0.6) is 0 Å². The van der Waals surface area contributed by atoms with Crippen LogP contribution in [0.1, 0.15) is 0 Å². The number of anilines is 1. The molecule has 3 nitrogen and oxygen atoms in total. The second-order valence-electron chi connectivity index (χ2n) is 5.42. The van der Waals surface area contributed by atoms with Crippen molar-refractivity contribution in [2.24, 2.45) is 0 Å². The SMILES string of the molecule is Nc1ccc(-c2c[nH]c3nccc(-c4cccc(F)c4)c23)cc1. The molecule has 0 saturated heterocycles. The molecule has 0 radical (unpaired) electrons. The molecular formula is C19H14FN3. The van der Waals surface area contributed by atoms with Gasteiger partial charge in [0.25, 0.3) is 0 Å². The van der Waals surface area contributed by atoms with Gasteiger partial charge < -0.3 is 10.7 Å². The maximum absolute atomic E-state index is 13.6. The van der Waals surface area contributed by atoms with Crippen molar-refractivity contribution in [2.75, 3.05) is 5.73 Å². The molecular weight excluding hydrogens is 289 g/mol. The first-order chi connectivity index (χ1) is 11.2. The Kier molecular flexibility index (Phi) is 3.08. The number of aromatic nitrogens is 2. The lowest BCUT2D eigenvalue weighted by Gasteiger charge is -2.07. The minimum Gasteiger partial charge on any atom is -0.399 e. The van der Waals surface area contributed by atoms with Gasteiger partial charge in [0, 0.05) is 29.0 Å². The summed E-state index contributed by atoms with van der Waals surface area (Å²) in [7, 11) is 0. The van der Waals surface area contributed by atoms with Crippen molar-refractivity contribution >= 4 is 16.7 Å². The van der Waals surface area contributed by atoms with E-state index in [-0.39, 0.29) is 5.82 Å². The van der Waals surface area contributed by atoms with Crippen molar-refractivity contribution in [1.82, 2.24) is 9.97 Å². The minimum atomic E-state index is -0.253. The van der Waals surface area contributed by atoms with Crippen molar-refractivity contribution in [1.29, 1.82) is 0 Å². The standard InChI is InChI=1S/C19H14FN3/c20-14-3-1-2-13(10-14)16-8-9-22-19-18(16)17(11-23-19)12-4-6-15(21)7-5-12/h1-11H,21H2,(H,22,23). The van der Waals surface area contributed by atoms with Gasteiger partial charge in [-0.25, -0.2) is 9.37 Å². The molecule has 23 heavy (non-hydrogen) atoms. The van der Waals surface area contributed by atoms with Crippen molar-refractivity contribution < 1.29 is 4.39 Å². The average molecular weight is 303 g/mol. The average Bonchev–Trinajstić information content (AvgIpc) is 3.00. The fourth-order valence-corrected chi connectivity index (χ4v) is 2.84. The second kappa shape index (κ2) is 5.25. The van der Waals surface area contributed by atoms with Gasteiger partial charge in [-0.2, -0.15) is 0 Å². The number of hydrogen-bond acceptors (Lipinski definition) is 2. The molecule has 0 saturated carbocycles. The molecule has 4 rings (SSSR count). The number of H-pyrrole nitrogens is 1. The van der Waals surface area contributed by atoms with Gasteiger partial charge in [-0.3, -0.25) is 0 Å². The van der Waals surface area contributed by atoms with Crippen LogP contribution >= 0.6 is 0 Å². The topological polar surface area (TPSA) is 54.7 Å². The summed E-state index contributed by atoms with van der Waals surface area (Å²) in [6.45, 7) is 0. The Morgan fingerprint density at radius 3 is 2.52 bits per heavy atom. The lowest BCUT2D eigenvalue weighted by molar-refractivity contribution is 0.628. The van der Waals surface area contributed by atoms with E-state index in [1.165, 1.54) is 12.1 Å². The Morgan fingerprint density at radius 2 is 1.74 bits per heavy atom. The molecule has 0 aliphatic carbocycles. The Balaban J connectivity index is 1.99. The van der Waals surface area contributed by atoms with Crippen LogP contribution in [0.2, 0.25) is 0 Å². The number of nitrogen functional groups attached to an aromatic ring is 1. The van der Waals surface area contributed by atoms with Crippen LogP contribution in [0, 0.1) is 5.82 Å². The third kappa shape index (κ3) is 2.34. The molecule has 0 amide bonds. The van der Waals surface area contributed by atoms with Crippen molar-refractivity contribution in [3.8, 4) is 22.3 Å². The number of hydrogen-bond donors (Lipinski definition) is 2. The molecule has 4 heteroatoms. The number of halogens is 1. The number of fused-ring (bicyclic) bond motifs is 1. The second-order valence-corrected chi connectivity index (χ2v) is 5.42. The molecule has 2 heterocycles. The first-order valence-corrected chi connectivity index (χ1v) is 7.30. The Bertz CT molecular complexity index is 987. The first-order valence-electron chi connectivity index (χ1n) is 7.30. The number of nitrogens with two attached hydrogens (primary N) is 1. The van der Waals surface area contributed by atoms with E-state index in [1.54, 1.807) is 12.3 Å². The van der Waals surface area contributed by atoms with E-state index in [4.69, 9.17) is 5.73 Å². The molecule has 112 valence electrons. The highest BCUT2D eigenvalue weighted by atomic mass is 19.1. The molecule has 3 N–H and O–H groups in total.